The maximum atomic E-state index is 7.76. The van der Waals surface area contributed by atoms with E-state index >= 15 is 0 Å². The van der Waals surface area contributed by atoms with Gasteiger partial charge in [0.25, 0.3) is 0 Å². The van der Waals surface area contributed by atoms with Crippen molar-refractivity contribution < 1.29 is 41.2 Å². The van der Waals surface area contributed by atoms with E-state index in [1.165, 1.54) is 12.7 Å². The Kier molecular flexibility index (Phi) is 10.5. The second kappa shape index (κ2) is 6.85. The van der Waals surface area contributed by atoms with Gasteiger partial charge in [-0.1, -0.05) is 5.59 Å². The number of nitrogens with two attached hydrogens (primary N) is 1. The number of hydrazine groups is 2. The molecule has 0 rings (SSSR count). The fourth-order valence-electron chi connectivity index (χ4n) is 0.0408. The van der Waals surface area contributed by atoms with Crippen LogP contribution in [0.15, 0.2) is 0 Å². The normalized spacial score (nSPS) is 8.57. The fraction of sp³-hybridized carbons (Fsp3) is 1.00. The molecule has 0 unspecified atom stereocenters. The average molecular weight is 331 g/mol. The van der Waals surface area contributed by atoms with E-state index < -0.39 is 0 Å². The Morgan fingerprint density at radius 2 is 2.29 bits per heavy atom. The van der Waals surface area contributed by atoms with Gasteiger partial charge in [0.05, 0.1) is 7.11 Å². The van der Waals surface area contributed by atoms with Crippen LogP contribution in [0.3, 0.4) is 0 Å². The van der Waals surface area contributed by atoms with Crippen molar-refractivity contribution in [2.24, 2.45) is 5.84 Å². The number of hydrogen-bond acceptors (Lipinski definition) is 5. The summed E-state index contributed by atoms with van der Waals surface area (Å²) in [5.41, 5.74) is 1.50. The molecule has 0 aromatic heterocycles. The standard InChI is InChI=1S/CH7N3O2.U/c1-6-4(2)3-5;/h3,5H,2H2,1H3;. The molecule has 0 saturated carbocycles. The average Bonchev–Trinajstić information content (AvgIpc) is 1.65. The minimum absolute atomic E-state index is 0. The van der Waals surface area contributed by atoms with Crippen LogP contribution in [0.4, 0.5) is 0 Å². The first-order valence-electron chi connectivity index (χ1n) is 1.30. The van der Waals surface area contributed by atoms with E-state index in [2.05, 4.69) is 4.84 Å². The summed E-state index contributed by atoms with van der Waals surface area (Å²) < 4.78 is 0. The Balaban J connectivity index is 0. The second-order valence-electron chi connectivity index (χ2n) is 0.608. The largest absolute Gasteiger partial charge is 0.299 e. The van der Waals surface area contributed by atoms with Crippen molar-refractivity contribution in [3.05, 3.63) is 0 Å². The zero-order chi connectivity index (χ0) is 4.99. The van der Waals surface area contributed by atoms with Crippen molar-refractivity contribution in [2.45, 2.75) is 0 Å². The summed E-state index contributed by atoms with van der Waals surface area (Å²) in [6.45, 7) is 0. The molecule has 0 aliphatic rings. The summed E-state index contributed by atoms with van der Waals surface area (Å²) in [6.07, 6.45) is 0. The summed E-state index contributed by atoms with van der Waals surface area (Å²) in [7, 11) is 1.31. The number of nitrogens with one attached hydrogen (secondary N) is 1. The summed E-state index contributed by atoms with van der Waals surface area (Å²) in [6, 6.07) is 0. The predicted octanol–water partition coefficient (Wildman–Crippen LogP) is -1.38. The summed E-state index contributed by atoms with van der Waals surface area (Å²) in [5.74, 6) is 4.72. The van der Waals surface area contributed by atoms with Gasteiger partial charge in [-0.05, 0) is 5.28 Å². The monoisotopic (exact) mass is 331 g/mol. The van der Waals surface area contributed by atoms with Gasteiger partial charge in [0.1, 0.15) is 0 Å². The van der Waals surface area contributed by atoms with Crippen LogP contribution in [0.1, 0.15) is 0 Å². The maximum absolute atomic E-state index is 7.76. The molecule has 0 amide bonds. The van der Waals surface area contributed by atoms with E-state index in [0.29, 0.717) is 5.28 Å². The van der Waals surface area contributed by atoms with Crippen molar-refractivity contribution in [3.8, 4) is 0 Å². The van der Waals surface area contributed by atoms with Crippen LogP contribution in [-0.2, 0) is 4.84 Å². The first-order chi connectivity index (χ1) is 2.81. The van der Waals surface area contributed by atoms with Gasteiger partial charge in [-0.3, -0.25) is 10.0 Å². The molecular weight excluding hydrogens is 324 g/mol. The van der Waals surface area contributed by atoms with Crippen LogP contribution >= 0.6 is 0 Å². The van der Waals surface area contributed by atoms with E-state index in [1.807, 2.05) is 0 Å². The fourth-order valence-corrected chi connectivity index (χ4v) is 0.0408. The number of nitrogens with zero attached hydrogens (tertiary/aromatic N) is 1. The maximum Gasteiger partial charge on any atom is 0.0607 e. The minimum Gasteiger partial charge on any atom is -0.299 e. The molecule has 0 bridgehead atoms. The predicted molar refractivity (Wildman–Crippen MR) is 18.0 cm³/mol. The molecule has 6 heteroatoms. The van der Waals surface area contributed by atoms with Crippen molar-refractivity contribution in [3.63, 3.8) is 0 Å². The van der Waals surface area contributed by atoms with Gasteiger partial charge >= 0.3 is 0 Å². The molecule has 5 nitrogen and oxygen atoms in total. The van der Waals surface area contributed by atoms with Gasteiger partial charge in [0.2, 0.25) is 0 Å². The molecule has 0 aromatic rings. The molecule has 0 spiro atoms. The molecule has 0 atom stereocenters. The van der Waals surface area contributed by atoms with Crippen LogP contribution < -0.4 is 11.4 Å². The van der Waals surface area contributed by atoms with Gasteiger partial charge in [-0.2, -0.15) is 0 Å². The molecule has 0 saturated heterocycles. The molecule has 7 heavy (non-hydrogen) atoms. The molecule has 0 fully saturated rings. The Hall–Kier alpha value is 0.852. The summed E-state index contributed by atoms with van der Waals surface area (Å²) in [5, 5.41) is 8.32. The van der Waals surface area contributed by atoms with Crippen molar-refractivity contribution in [1.82, 2.24) is 10.9 Å². The first kappa shape index (κ1) is 10.8. The molecule has 4 N–H and O–H groups in total. The Labute approximate surface area is 65.0 Å². The van der Waals surface area contributed by atoms with E-state index in [4.69, 9.17) is 11.0 Å². The van der Waals surface area contributed by atoms with Crippen LogP contribution in [-0.4, -0.2) is 17.6 Å². The quantitative estimate of drug-likeness (QED) is 0.430. The van der Waals surface area contributed by atoms with Gasteiger partial charge in [0, 0.05) is 31.1 Å². The zero-order valence-corrected chi connectivity index (χ0v) is 8.04. The van der Waals surface area contributed by atoms with Gasteiger partial charge in [-0.25, -0.2) is 5.84 Å². The third-order valence-electron chi connectivity index (χ3n) is 0.295. The third kappa shape index (κ3) is 6.85. The zero-order valence-electron chi connectivity index (χ0n) is 3.88. The number of rotatable bonds is 2. The summed E-state index contributed by atoms with van der Waals surface area (Å²) >= 11 is 0. The molecule has 0 aliphatic carbocycles. The van der Waals surface area contributed by atoms with Crippen LogP contribution in [0, 0.1) is 31.1 Å². The molecule has 42 valence electrons. The van der Waals surface area contributed by atoms with Gasteiger partial charge in [0.15, 0.2) is 0 Å². The van der Waals surface area contributed by atoms with E-state index in [-0.39, 0.29) is 31.1 Å². The van der Waals surface area contributed by atoms with Gasteiger partial charge in [-0.15, -0.1) is 0 Å². The Bertz CT molecular complexity index is 32.1. The van der Waals surface area contributed by atoms with Crippen LogP contribution in [0.2, 0.25) is 0 Å². The van der Waals surface area contributed by atoms with E-state index in [9.17, 15) is 0 Å². The molecule has 0 radical (unpaired) electrons. The van der Waals surface area contributed by atoms with Gasteiger partial charge < -0.3 is 0 Å². The number of hydrogen-bond donors (Lipinski definition) is 3. The summed E-state index contributed by atoms with van der Waals surface area (Å²) in [4.78, 5) is 4.15. The van der Waals surface area contributed by atoms with Crippen molar-refractivity contribution in [2.75, 3.05) is 7.11 Å². The second-order valence-corrected chi connectivity index (χ2v) is 0.608. The van der Waals surface area contributed by atoms with Crippen molar-refractivity contribution in [1.29, 1.82) is 0 Å². The topological polar surface area (TPSA) is 70.8 Å². The molecule has 0 aliphatic heterocycles. The first-order valence-corrected chi connectivity index (χ1v) is 1.30. The Morgan fingerprint density at radius 3 is 2.29 bits per heavy atom. The molecular formula is CH7N3O2U. The van der Waals surface area contributed by atoms with Crippen molar-refractivity contribution >= 4 is 0 Å². The minimum atomic E-state index is 0. The van der Waals surface area contributed by atoms with E-state index in [1.54, 1.807) is 0 Å². The Morgan fingerprint density at radius 1 is 1.86 bits per heavy atom. The van der Waals surface area contributed by atoms with Crippen LogP contribution in [0.25, 0.3) is 0 Å². The molecule has 0 aromatic carbocycles. The third-order valence-corrected chi connectivity index (χ3v) is 0.295. The van der Waals surface area contributed by atoms with E-state index in [0.717, 1.165) is 0 Å². The SMILES string of the molecule is CON(N)NO.[U]. The molecule has 0 heterocycles. The van der Waals surface area contributed by atoms with Crippen LogP contribution in [0.5, 0.6) is 0 Å². The smallest absolute Gasteiger partial charge is 0.0607 e.